The van der Waals surface area contributed by atoms with Crippen LogP contribution in [-0.2, 0) is 20.7 Å². The molecule has 0 saturated heterocycles. The first-order valence-electron chi connectivity index (χ1n) is 8.10. The summed E-state index contributed by atoms with van der Waals surface area (Å²) in [6, 6.07) is 13.8. The molecule has 0 unspecified atom stereocenters. The van der Waals surface area contributed by atoms with E-state index in [1.54, 1.807) is 0 Å². The van der Waals surface area contributed by atoms with Crippen molar-refractivity contribution in [2.24, 2.45) is 0 Å². The van der Waals surface area contributed by atoms with Crippen LogP contribution in [0.25, 0.3) is 0 Å². The lowest BCUT2D eigenvalue weighted by atomic mass is 10.1. The number of hydrogen-bond acceptors (Lipinski definition) is 6. The number of nitrogens with zero attached hydrogens (tertiary/aromatic N) is 4. The van der Waals surface area contributed by atoms with Crippen molar-refractivity contribution in [2.45, 2.75) is 12.5 Å². The molecule has 0 aliphatic carbocycles. The largest absolute Gasteiger partial charge is 0.454 e. The molecule has 1 atom stereocenters. The number of aromatic nitrogens is 4. The van der Waals surface area contributed by atoms with Crippen molar-refractivity contribution in [3.05, 3.63) is 72.3 Å². The minimum atomic E-state index is -0.805. The molecular weight excluding hydrogens is 353 g/mol. The second kappa shape index (κ2) is 8.65. The summed E-state index contributed by atoms with van der Waals surface area (Å²) in [5.41, 5.74) is 1.30. The van der Waals surface area contributed by atoms with E-state index in [0.717, 1.165) is 5.56 Å². The summed E-state index contributed by atoms with van der Waals surface area (Å²) in [7, 11) is 0. The van der Waals surface area contributed by atoms with E-state index >= 15 is 0 Å². The summed E-state index contributed by atoms with van der Waals surface area (Å²) < 4.78 is 19.3. The lowest BCUT2D eigenvalue weighted by Crippen LogP contribution is -2.28. The lowest BCUT2D eigenvalue weighted by Gasteiger charge is -2.15. The highest BCUT2D eigenvalue weighted by atomic mass is 19.1. The van der Waals surface area contributed by atoms with E-state index in [0.29, 0.717) is 12.1 Å². The summed E-state index contributed by atoms with van der Waals surface area (Å²) >= 11 is 0. The van der Waals surface area contributed by atoms with E-state index < -0.39 is 30.3 Å². The molecule has 3 aromatic rings. The predicted octanol–water partition coefficient (Wildman–Crippen LogP) is 1.78. The topological polar surface area (TPSA) is 99.0 Å². The average Bonchev–Trinajstić information content (AvgIpc) is 3.21. The summed E-state index contributed by atoms with van der Waals surface area (Å²) in [6.07, 6.45) is 1.62. The van der Waals surface area contributed by atoms with Crippen molar-refractivity contribution >= 4 is 17.6 Å². The zero-order valence-corrected chi connectivity index (χ0v) is 14.2. The van der Waals surface area contributed by atoms with Gasteiger partial charge in [-0.05, 0) is 40.3 Å². The second-order valence-electron chi connectivity index (χ2n) is 5.66. The van der Waals surface area contributed by atoms with Crippen molar-refractivity contribution in [3.8, 4) is 0 Å². The normalized spacial score (nSPS) is 11.6. The SMILES string of the molecule is O=C(COC(=O)[C@H](Cc1ccccc1)n1cnnn1)Nc1ccc(F)cc1. The van der Waals surface area contributed by atoms with Crippen molar-refractivity contribution < 1.29 is 18.7 Å². The Labute approximate surface area is 154 Å². The Balaban J connectivity index is 1.60. The number of halogens is 1. The van der Waals surface area contributed by atoms with Gasteiger partial charge in [-0.1, -0.05) is 30.3 Å². The van der Waals surface area contributed by atoms with E-state index in [1.165, 1.54) is 35.3 Å². The first-order valence-corrected chi connectivity index (χ1v) is 8.10. The molecule has 0 aliphatic heterocycles. The maximum Gasteiger partial charge on any atom is 0.331 e. The molecule has 0 aliphatic rings. The number of tetrazole rings is 1. The highest BCUT2D eigenvalue weighted by Crippen LogP contribution is 2.15. The van der Waals surface area contributed by atoms with Crippen LogP contribution in [0.15, 0.2) is 60.9 Å². The standard InChI is InChI=1S/C18H16FN5O3/c19-14-6-8-15(9-7-14)21-17(25)11-27-18(26)16(24-12-20-22-23-24)10-13-4-2-1-3-5-13/h1-9,12,16H,10-11H2,(H,21,25)/t16-/m0/s1. The number of esters is 1. The summed E-state index contributed by atoms with van der Waals surface area (Å²) in [5.74, 6) is -1.59. The van der Waals surface area contributed by atoms with Crippen LogP contribution in [0.2, 0.25) is 0 Å². The van der Waals surface area contributed by atoms with Crippen LogP contribution < -0.4 is 5.32 Å². The van der Waals surface area contributed by atoms with Crippen molar-refractivity contribution in [1.29, 1.82) is 0 Å². The number of hydrogen-bond donors (Lipinski definition) is 1. The summed E-state index contributed by atoms with van der Waals surface area (Å²) in [4.78, 5) is 24.4. The first kappa shape index (κ1) is 18.2. The van der Waals surface area contributed by atoms with Crippen LogP contribution in [0.1, 0.15) is 11.6 Å². The third-order valence-corrected chi connectivity index (χ3v) is 3.70. The molecule has 3 rings (SSSR count). The molecule has 9 heteroatoms. The van der Waals surface area contributed by atoms with Gasteiger partial charge in [0.2, 0.25) is 0 Å². The van der Waals surface area contributed by atoms with Gasteiger partial charge in [0.15, 0.2) is 12.6 Å². The van der Waals surface area contributed by atoms with Gasteiger partial charge in [0.25, 0.3) is 5.91 Å². The number of benzene rings is 2. The number of carbonyl (C=O) groups excluding carboxylic acids is 2. The van der Waals surface area contributed by atoms with Crippen LogP contribution in [0.4, 0.5) is 10.1 Å². The minimum Gasteiger partial charge on any atom is -0.454 e. The van der Waals surface area contributed by atoms with Crippen molar-refractivity contribution in [3.63, 3.8) is 0 Å². The molecule has 2 aromatic carbocycles. The second-order valence-corrected chi connectivity index (χ2v) is 5.66. The molecule has 0 bridgehead atoms. The van der Waals surface area contributed by atoms with Gasteiger partial charge in [0.1, 0.15) is 12.1 Å². The summed E-state index contributed by atoms with van der Waals surface area (Å²) in [5, 5.41) is 13.4. The zero-order chi connectivity index (χ0) is 19.1. The number of carbonyl (C=O) groups is 2. The number of amides is 1. The molecule has 0 saturated carbocycles. The van der Waals surface area contributed by atoms with E-state index in [4.69, 9.17) is 4.74 Å². The zero-order valence-electron chi connectivity index (χ0n) is 14.2. The molecule has 8 nitrogen and oxygen atoms in total. The van der Waals surface area contributed by atoms with Crippen molar-refractivity contribution in [1.82, 2.24) is 20.2 Å². The molecule has 1 N–H and O–H groups in total. The Hall–Kier alpha value is -3.62. The molecule has 0 spiro atoms. The van der Waals surface area contributed by atoms with E-state index in [-0.39, 0.29) is 0 Å². The fraction of sp³-hybridized carbons (Fsp3) is 0.167. The van der Waals surface area contributed by atoms with Crippen molar-refractivity contribution in [2.75, 3.05) is 11.9 Å². The molecule has 27 heavy (non-hydrogen) atoms. The third kappa shape index (κ3) is 5.18. The molecule has 0 radical (unpaired) electrons. The van der Waals surface area contributed by atoms with Gasteiger partial charge in [-0.15, -0.1) is 5.10 Å². The maximum atomic E-state index is 12.9. The van der Waals surface area contributed by atoms with E-state index in [2.05, 4.69) is 20.8 Å². The molecule has 1 aromatic heterocycles. The Morgan fingerprint density at radius 3 is 2.52 bits per heavy atom. The van der Waals surface area contributed by atoms with E-state index in [9.17, 15) is 14.0 Å². The van der Waals surface area contributed by atoms with Crippen LogP contribution in [0.3, 0.4) is 0 Å². The quantitative estimate of drug-likeness (QED) is 0.638. The fourth-order valence-corrected chi connectivity index (χ4v) is 2.40. The van der Waals surface area contributed by atoms with Crippen LogP contribution in [-0.4, -0.2) is 38.7 Å². The Kier molecular flexibility index (Phi) is 5.83. The molecule has 1 heterocycles. The van der Waals surface area contributed by atoms with E-state index in [1.807, 2.05) is 30.3 Å². The van der Waals surface area contributed by atoms with Gasteiger partial charge in [-0.25, -0.2) is 13.9 Å². The predicted molar refractivity (Wildman–Crippen MR) is 93.0 cm³/mol. The maximum absolute atomic E-state index is 12.9. The molecule has 0 fully saturated rings. The third-order valence-electron chi connectivity index (χ3n) is 3.70. The number of ether oxygens (including phenoxy) is 1. The monoisotopic (exact) mass is 369 g/mol. The number of anilines is 1. The fourth-order valence-electron chi connectivity index (χ4n) is 2.40. The molecule has 138 valence electrons. The Morgan fingerprint density at radius 1 is 1.11 bits per heavy atom. The minimum absolute atomic E-state index is 0.310. The smallest absolute Gasteiger partial charge is 0.331 e. The molecule has 1 amide bonds. The van der Waals surface area contributed by atoms with Gasteiger partial charge in [-0.2, -0.15) is 0 Å². The van der Waals surface area contributed by atoms with Gasteiger partial charge < -0.3 is 10.1 Å². The highest BCUT2D eigenvalue weighted by molar-refractivity contribution is 5.93. The number of nitrogens with one attached hydrogen (secondary N) is 1. The van der Waals surface area contributed by atoms with Gasteiger partial charge in [0.05, 0.1) is 0 Å². The Morgan fingerprint density at radius 2 is 1.85 bits per heavy atom. The molecular formula is C18H16FN5O3. The Bertz CT molecular complexity index is 885. The highest BCUT2D eigenvalue weighted by Gasteiger charge is 2.24. The van der Waals surface area contributed by atoms with Gasteiger partial charge >= 0.3 is 5.97 Å². The van der Waals surface area contributed by atoms with Gasteiger partial charge in [-0.3, -0.25) is 4.79 Å². The van der Waals surface area contributed by atoms with Gasteiger partial charge in [0, 0.05) is 12.1 Å². The lowest BCUT2D eigenvalue weighted by molar-refractivity contribution is -0.151. The summed E-state index contributed by atoms with van der Waals surface area (Å²) in [6.45, 7) is -0.483. The van der Waals surface area contributed by atoms with Crippen LogP contribution in [0.5, 0.6) is 0 Å². The average molecular weight is 369 g/mol. The first-order chi connectivity index (χ1) is 13.1. The van der Waals surface area contributed by atoms with Crippen LogP contribution in [0, 0.1) is 5.82 Å². The number of rotatable bonds is 7. The van der Waals surface area contributed by atoms with Crippen LogP contribution >= 0.6 is 0 Å².